The molecule has 0 bridgehead atoms. The molecule has 1 atom stereocenters. The van der Waals surface area contributed by atoms with Gasteiger partial charge in [0.1, 0.15) is 5.69 Å². The van der Waals surface area contributed by atoms with E-state index in [-0.39, 0.29) is 18.4 Å². The zero-order chi connectivity index (χ0) is 21.1. The standard InChI is InChI=1S/C26H28N2O2/c1-18(2)22-7-3-4-8-24(22)19-10-11-23(21(15-19)17-29)20-12-14-28(16-20)26(30)25-9-5-6-13-27-25/h3-11,13,15,18,20,29H,12,14,16-17H2,1-2H3. The molecule has 1 saturated heterocycles. The van der Waals surface area contributed by atoms with Crippen LogP contribution in [0.4, 0.5) is 0 Å². The maximum absolute atomic E-state index is 12.7. The van der Waals surface area contributed by atoms with Crippen molar-refractivity contribution in [3.05, 3.63) is 89.2 Å². The van der Waals surface area contributed by atoms with Gasteiger partial charge in [0.2, 0.25) is 0 Å². The van der Waals surface area contributed by atoms with Crippen LogP contribution in [0.15, 0.2) is 66.9 Å². The lowest BCUT2D eigenvalue weighted by Crippen LogP contribution is -2.29. The van der Waals surface area contributed by atoms with Gasteiger partial charge >= 0.3 is 0 Å². The predicted molar refractivity (Wildman–Crippen MR) is 119 cm³/mol. The highest BCUT2D eigenvalue weighted by Crippen LogP contribution is 2.35. The van der Waals surface area contributed by atoms with E-state index in [1.807, 2.05) is 17.0 Å². The first-order chi connectivity index (χ1) is 14.6. The van der Waals surface area contributed by atoms with Crippen molar-refractivity contribution in [2.45, 2.75) is 38.7 Å². The van der Waals surface area contributed by atoms with E-state index in [4.69, 9.17) is 0 Å². The molecule has 2 aromatic carbocycles. The summed E-state index contributed by atoms with van der Waals surface area (Å²) in [6.45, 7) is 5.77. The Bertz CT molecular complexity index is 1030. The molecule has 1 aliphatic rings. The van der Waals surface area contributed by atoms with E-state index in [0.717, 1.165) is 23.1 Å². The molecule has 1 aromatic heterocycles. The summed E-state index contributed by atoms with van der Waals surface area (Å²) in [5.74, 6) is 0.639. The minimum atomic E-state index is -0.0221. The number of nitrogens with zero attached hydrogens (tertiary/aromatic N) is 2. The zero-order valence-electron chi connectivity index (χ0n) is 17.6. The van der Waals surface area contributed by atoms with Crippen molar-refractivity contribution in [2.24, 2.45) is 0 Å². The Morgan fingerprint density at radius 2 is 1.93 bits per heavy atom. The quantitative estimate of drug-likeness (QED) is 0.656. The van der Waals surface area contributed by atoms with Gasteiger partial charge in [0, 0.05) is 25.2 Å². The predicted octanol–water partition coefficient (Wildman–Crippen LogP) is 4.99. The first-order valence-corrected chi connectivity index (χ1v) is 10.6. The third-order valence-corrected chi connectivity index (χ3v) is 6.01. The van der Waals surface area contributed by atoms with Gasteiger partial charge in [-0.05, 0) is 58.4 Å². The number of likely N-dealkylation sites (tertiary alicyclic amines) is 1. The van der Waals surface area contributed by atoms with E-state index in [1.54, 1.807) is 12.3 Å². The van der Waals surface area contributed by atoms with Gasteiger partial charge in [-0.2, -0.15) is 0 Å². The molecule has 1 aliphatic heterocycles. The summed E-state index contributed by atoms with van der Waals surface area (Å²) in [4.78, 5) is 18.8. The Morgan fingerprint density at radius 3 is 2.67 bits per heavy atom. The van der Waals surface area contributed by atoms with Gasteiger partial charge in [0.25, 0.3) is 5.91 Å². The average Bonchev–Trinajstić information content (AvgIpc) is 3.28. The molecule has 1 unspecified atom stereocenters. The molecular formula is C26H28N2O2. The molecule has 4 nitrogen and oxygen atoms in total. The zero-order valence-corrected chi connectivity index (χ0v) is 17.6. The van der Waals surface area contributed by atoms with E-state index in [1.165, 1.54) is 11.1 Å². The van der Waals surface area contributed by atoms with E-state index in [2.05, 4.69) is 61.3 Å². The second kappa shape index (κ2) is 8.80. The van der Waals surface area contributed by atoms with Crippen LogP contribution in [0.5, 0.6) is 0 Å². The highest BCUT2D eigenvalue weighted by Gasteiger charge is 2.29. The molecule has 30 heavy (non-hydrogen) atoms. The Kier molecular flexibility index (Phi) is 5.96. The van der Waals surface area contributed by atoms with Crippen LogP contribution >= 0.6 is 0 Å². The lowest BCUT2D eigenvalue weighted by molar-refractivity contribution is 0.0785. The Balaban J connectivity index is 1.58. The molecule has 1 amide bonds. The van der Waals surface area contributed by atoms with Crippen molar-refractivity contribution >= 4 is 5.91 Å². The number of carbonyl (C=O) groups is 1. The van der Waals surface area contributed by atoms with Gasteiger partial charge in [-0.1, -0.05) is 56.3 Å². The summed E-state index contributed by atoms with van der Waals surface area (Å²) >= 11 is 0. The maximum atomic E-state index is 12.7. The topological polar surface area (TPSA) is 53.4 Å². The second-order valence-electron chi connectivity index (χ2n) is 8.27. The highest BCUT2D eigenvalue weighted by molar-refractivity contribution is 5.92. The molecule has 2 heterocycles. The summed E-state index contributed by atoms with van der Waals surface area (Å²) in [6, 6.07) is 20.3. The number of rotatable bonds is 5. The molecule has 1 fully saturated rings. The van der Waals surface area contributed by atoms with Gasteiger partial charge < -0.3 is 10.0 Å². The normalized spacial score (nSPS) is 16.3. The lowest BCUT2D eigenvalue weighted by atomic mass is 9.88. The minimum Gasteiger partial charge on any atom is -0.392 e. The molecule has 0 spiro atoms. The summed E-state index contributed by atoms with van der Waals surface area (Å²) in [7, 11) is 0. The van der Waals surface area contributed by atoms with Crippen molar-refractivity contribution in [1.82, 2.24) is 9.88 Å². The summed E-state index contributed by atoms with van der Waals surface area (Å²) in [6.07, 6.45) is 2.55. The van der Waals surface area contributed by atoms with Gasteiger partial charge in [-0.25, -0.2) is 0 Å². The largest absolute Gasteiger partial charge is 0.392 e. The van der Waals surface area contributed by atoms with Gasteiger partial charge in [-0.3, -0.25) is 9.78 Å². The van der Waals surface area contributed by atoms with E-state index in [9.17, 15) is 9.90 Å². The smallest absolute Gasteiger partial charge is 0.272 e. The third-order valence-electron chi connectivity index (χ3n) is 6.01. The van der Waals surface area contributed by atoms with Crippen LogP contribution in [0, 0.1) is 0 Å². The second-order valence-corrected chi connectivity index (χ2v) is 8.27. The first kappa shape index (κ1) is 20.3. The number of benzene rings is 2. The number of hydrogen-bond acceptors (Lipinski definition) is 3. The Morgan fingerprint density at radius 1 is 1.13 bits per heavy atom. The molecule has 0 radical (unpaired) electrons. The SMILES string of the molecule is CC(C)c1ccccc1-c1ccc(C2CCN(C(=O)c3ccccn3)C2)c(CO)c1. The molecular weight excluding hydrogens is 372 g/mol. The van der Waals surface area contributed by atoms with Gasteiger partial charge in [-0.15, -0.1) is 0 Å². The van der Waals surface area contributed by atoms with Crippen molar-refractivity contribution in [2.75, 3.05) is 13.1 Å². The molecule has 154 valence electrons. The first-order valence-electron chi connectivity index (χ1n) is 10.6. The van der Waals surface area contributed by atoms with Crippen LogP contribution in [0.3, 0.4) is 0 Å². The fourth-order valence-electron chi connectivity index (χ4n) is 4.42. The number of aliphatic hydroxyl groups excluding tert-OH is 1. The van der Waals surface area contributed by atoms with Crippen LogP contribution in [0.1, 0.15) is 59.3 Å². The fourth-order valence-corrected chi connectivity index (χ4v) is 4.42. The number of aromatic nitrogens is 1. The van der Waals surface area contributed by atoms with Crippen LogP contribution in [-0.4, -0.2) is 34.0 Å². The van der Waals surface area contributed by atoms with Crippen LogP contribution in [-0.2, 0) is 6.61 Å². The molecule has 0 saturated carbocycles. The van der Waals surface area contributed by atoms with Crippen molar-refractivity contribution in [3.8, 4) is 11.1 Å². The molecule has 3 aromatic rings. The maximum Gasteiger partial charge on any atom is 0.272 e. The van der Waals surface area contributed by atoms with Crippen LogP contribution in [0.25, 0.3) is 11.1 Å². The molecule has 4 heteroatoms. The average molecular weight is 401 g/mol. The fraction of sp³-hybridized carbons (Fsp3) is 0.308. The summed E-state index contributed by atoms with van der Waals surface area (Å²) in [5.41, 5.74) is 6.23. The number of hydrogen-bond donors (Lipinski definition) is 1. The Hall–Kier alpha value is -2.98. The number of carbonyl (C=O) groups excluding carboxylic acids is 1. The van der Waals surface area contributed by atoms with Crippen molar-refractivity contribution < 1.29 is 9.90 Å². The van der Waals surface area contributed by atoms with E-state index in [0.29, 0.717) is 24.7 Å². The van der Waals surface area contributed by atoms with Gasteiger partial charge in [0.05, 0.1) is 6.61 Å². The van der Waals surface area contributed by atoms with Gasteiger partial charge in [0.15, 0.2) is 0 Å². The molecule has 0 aliphatic carbocycles. The lowest BCUT2D eigenvalue weighted by Gasteiger charge is -2.19. The summed E-state index contributed by atoms with van der Waals surface area (Å²) < 4.78 is 0. The Labute approximate surface area is 178 Å². The molecule has 4 rings (SSSR count). The molecule has 1 N–H and O–H groups in total. The minimum absolute atomic E-state index is 0.00228. The van der Waals surface area contributed by atoms with Crippen LogP contribution in [0.2, 0.25) is 0 Å². The van der Waals surface area contributed by atoms with E-state index < -0.39 is 0 Å². The van der Waals surface area contributed by atoms with Crippen LogP contribution < -0.4 is 0 Å². The number of amides is 1. The number of pyridine rings is 1. The highest BCUT2D eigenvalue weighted by atomic mass is 16.3. The van der Waals surface area contributed by atoms with Crippen molar-refractivity contribution in [3.63, 3.8) is 0 Å². The van der Waals surface area contributed by atoms with E-state index >= 15 is 0 Å². The third kappa shape index (κ3) is 4.01. The van der Waals surface area contributed by atoms with Crippen molar-refractivity contribution in [1.29, 1.82) is 0 Å². The number of aliphatic hydroxyl groups is 1. The monoisotopic (exact) mass is 400 g/mol. The summed E-state index contributed by atoms with van der Waals surface area (Å²) in [5, 5.41) is 10.1.